The lowest BCUT2D eigenvalue weighted by Gasteiger charge is -2.59. The minimum Gasteiger partial charge on any atom is -0.393 e. The van der Waals surface area contributed by atoms with E-state index in [1.807, 2.05) is 12.1 Å². The molecule has 1 aromatic carbocycles. The van der Waals surface area contributed by atoms with Crippen molar-refractivity contribution in [1.29, 1.82) is 0 Å². The average Bonchev–Trinajstić information content (AvgIpc) is 3.36. The standard InChI is InChI=1S/C31H36Cl2O5S/c1-4-5-27-37-26-14-21-20-8-6-17-12-19(34)10-11-29(17,2)28(20)23(35)15-30(21,3)31(26,38-27)25(36)16-39-24-9-7-18(32)13-22(24)33/h7,9-13,20-21,23,26-28,35H,4-6,8,14-16H2,1-3H3/t20?,21?,23?,26-,27?,28?,29?,30?,31-/m1/s1. The Hall–Kier alpha value is -1.15. The molecule has 39 heavy (non-hydrogen) atoms. The lowest BCUT2D eigenvalue weighted by atomic mass is 9.46. The van der Waals surface area contributed by atoms with E-state index in [-0.39, 0.29) is 46.6 Å². The van der Waals surface area contributed by atoms with Crippen LogP contribution in [0, 0.1) is 28.6 Å². The third kappa shape index (κ3) is 4.15. The molecule has 1 aliphatic heterocycles. The van der Waals surface area contributed by atoms with Crippen LogP contribution in [-0.4, -0.2) is 46.5 Å². The van der Waals surface area contributed by atoms with Crippen molar-refractivity contribution in [2.45, 2.75) is 88.3 Å². The van der Waals surface area contributed by atoms with Crippen molar-refractivity contribution in [1.82, 2.24) is 0 Å². The molecule has 1 saturated heterocycles. The molecule has 0 amide bonds. The average molecular weight is 592 g/mol. The van der Waals surface area contributed by atoms with Crippen LogP contribution in [0.3, 0.4) is 0 Å². The van der Waals surface area contributed by atoms with E-state index in [4.69, 9.17) is 32.7 Å². The van der Waals surface area contributed by atoms with Gasteiger partial charge in [0.15, 0.2) is 23.5 Å². The predicted molar refractivity (Wildman–Crippen MR) is 153 cm³/mol. The van der Waals surface area contributed by atoms with Crippen LogP contribution in [0.25, 0.3) is 0 Å². The van der Waals surface area contributed by atoms with Gasteiger partial charge >= 0.3 is 0 Å². The largest absolute Gasteiger partial charge is 0.393 e. The summed E-state index contributed by atoms with van der Waals surface area (Å²) in [6.07, 6.45) is 8.56. The van der Waals surface area contributed by atoms with Gasteiger partial charge in [0.05, 0.1) is 23.0 Å². The van der Waals surface area contributed by atoms with E-state index in [1.165, 1.54) is 11.8 Å². The molecule has 1 heterocycles. The number of allylic oxidation sites excluding steroid dienone is 4. The molecule has 0 radical (unpaired) electrons. The SMILES string of the molecule is CCCC1O[C@@H]2CC3C4CCC5=CC(=O)C=CC5(C)C4C(O)CC3(C)[C@]2(C(=O)CSc2ccc(Cl)cc2Cl)O1. The van der Waals surface area contributed by atoms with Gasteiger partial charge in [-0.05, 0) is 74.3 Å². The molecule has 7 unspecified atom stereocenters. The highest BCUT2D eigenvalue weighted by atomic mass is 35.5. The maximum Gasteiger partial charge on any atom is 0.178 e. The smallest absolute Gasteiger partial charge is 0.178 e. The Morgan fingerprint density at radius 2 is 2.05 bits per heavy atom. The molecule has 9 atom stereocenters. The Balaban J connectivity index is 1.34. The summed E-state index contributed by atoms with van der Waals surface area (Å²) in [5, 5.41) is 12.9. The number of benzene rings is 1. The van der Waals surface area contributed by atoms with Crippen molar-refractivity contribution >= 4 is 46.5 Å². The first-order valence-corrected chi connectivity index (χ1v) is 15.8. The summed E-state index contributed by atoms with van der Waals surface area (Å²) in [4.78, 5) is 27.3. The molecular formula is C31H36Cl2O5S. The minimum atomic E-state index is -1.12. The van der Waals surface area contributed by atoms with E-state index in [2.05, 4.69) is 20.8 Å². The first-order valence-electron chi connectivity index (χ1n) is 14.1. The highest BCUT2D eigenvalue weighted by molar-refractivity contribution is 8.00. The van der Waals surface area contributed by atoms with Crippen LogP contribution in [-0.2, 0) is 19.1 Å². The number of hydrogen-bond donors (Lipinski definition) is 1. The maximum absolute atomic E-state index is 14.4. The third-order valence-corrected chi connectivity index (χ3v) is 12.2. The molecule has 5 nitrogen and oxygen atoms in total. The van der Waals surface area contributed by atoms with E-state index < -0.39 is 23.4 Å². The predicted octanol–water partition coefficient (Wildman–Crippen LogP) is 6.82. The van der Waals surface area contributed by atoms with Crippen LogP contribution >= 0.6 is 35.0 Å². The van der Waals surface area contributed by atoms with Gasteiger partial charge in [0.25, 0.3) is 0 Å². The van der Waals surface area contributed by atoms with Crippen LogP contribution in [0.15, 0.2) is 46.9 Å². The summed E-state index contributed by atoms with van der Waals surface area (Å²) in [6.45, 7) is 6.40. The second-order valence-electron chi connectivity index (χ2n) is 12.4. The second-order valence-corrected chi connectivity index (χ2v) is 14.3. The Morgan fingerprint density at radius 3 is 2.79 bits per heavy atom. The van der Waals surface area contributed by atoms with Crippen molar-refractivity contribution in [3.8, 4) is 0 Å². The number of hydrogen-bond acceptors (Lipinski definition) is 6. The molecule has 1 aromatic rings. The summed E-state index contributed by atoms with van der Waals surface area (Å²) in [6, 6.07) is 5.31. The van der Waals surface area contributed by atoms with Gasteiger partial charge in [-0.1, -0.05) is 62.0 Å². The number of aliphatic hydroxyl groups is 1. The quantitative estimate of drug-likeness (QED) is 0.366. The molecule has 0 spiro atoms. The molecule has 5 aliphatic rings. The fourth-order valence-corrected chi connectivity index (χ4v) is 10.3. The molecule has 1 N–H and O–H groups in total. The van der Waals surface area contributed by atoms with E-state index in [9.17, 15) is 14.7 Å². The lowest BCUT2D eigenvalue weighted by molar-refractivity contribution is -0.197. The molecule has 8 heteroatoms. The zero-order valence-electron chi connectivity index (χ0n) is 22.6. The molecule has 6 rings (SSSR count). The van der Waals surface area contributed by atoms with E-state index in [0.29, 0.717) is 16.5 Å². The highest BCUT2D eigenvalue weighted by Gasteiger charge is 2.75. The molecule has 0 bridgehead atoms. The molecule has 0 aromatic heterocycles. The summed E-state index contributed by atoms with van der Waals surface area (Å²) in [5.41, 5.74) is -0.937. The Bertz CT molecular complexity index is 1260. The van der Waals surface area contributed by atoms with Crippen LogP contribution in [0.4, 0.5) is 0 Å². The fourth-order valence-electron chi connectivity index (χ4n) is 8.85. The highest BCUT2D eigenvalue weighted by Crippen LogP contribution is 2.69. The number of thioether (sulfide) groups is 1. The number of rotatable bonds is 6. The van der Waals surface area contributed by atoms with Crippen molar-refractivity contribution in [3.63, 3.8) is 0 Å². The molecule has 210 valence electrons. The van der Waals surface area contributed by atoms with Crippen molar-refractivity contribution < 1.29 is 24.2 Å². The number of aliphatic hydroxyl groups excluding tert-OH is 1. The Morgan fingerprint density at radius 1 is 1.26 bits per heavy atom. The lowest BCUT2D eigenvalue weighted by Crippen LogP contribution is -2.63. The van der Waals surface area contributed by atoms with Crippen LogP contribution in [0.1, 0.15) is 59.3 Å². The van der Waals surface area contributed by atoms with Gasteiger partial charge in [0.1, 0.15) is 0 Å². The zero-order valence-corrected chi connectivity index (χ0v) is 25.0. The zero-order chi connectivity index (χ0) is 27.7. The van der Waals surface area contributed by atoms with Crippen LogP contribution in [0.5, 0.6) is 0 Å². The first kappa shape index (κ1) is 28.0. The topological polar surface area (TPSA) is 72.8 Å². The van der Waals surface area contributed by atoms with Gasteiger partial charge in [-0.25, -0.2) is 0 Å². The van der Waals surface area contributed by atoms with E-state index in [1.54, 1.807) is 24.3 Å². The van der Waals surface area contributed by atoms with Gasteiger partial charge in [0, 0.05) is 26.7 Å². The molecule has 4 aliphatic carbocycles. The number of ether oxygens (including phenoxy) is 2. The van der Waals surface area contributed by atoms with Crippen molar-refractivity contribution in [2.75, 3.05) is 5.75 Å². The van der Waals surface area contributed by atoms with E-state index >= 15 is 0 Å². The fraction of sp³-hybridized carbons (Fsp3) is 0.613. The second kappa shape index (κ2) is 9.99. The van der Waals surface area contributed by atoms with Gasteiger partial charge in [-0.2, -0.15) is 0 Å². The van der Waals surface area contributed by atoms with Crippen molar-refractivity contribution in [2.24, 2.45) is 28.6 Å². The number of Topliss-reactive ketones (excluding diaryl/α,β-unsaturated/α-hetero) is 1. The summed E-state index contributed by atoms with van der Waals surface area (Å²) in [7, 11) is 0. The molecular weight excluding hydrogens is 555 g/mol. The summed E-state index contributed by atoms with van der Waals surface area (Å²) >= 11 is 13.9. The first-order chi connectivity index (χ1) is 18.5. The third-order valence-electron chi connectivity index (χ3n) is 10.5. The minimum absolute atomic E-state index is 0.00327. The normalized spacial score (nSPS) is 42.4. The summed E-state index contributed by atoms with van der Waals surface area (Å²) in [5.74, 6) is 0.573. The maximum atomic E-state index is 14.4. The van der Waals surface area contributed by atoms with Gasteiger partial charge in [-0.15, -0.1) is 11.8 Å². The van der Waals surface area contributed by atoms with Crippen LogP contribution < -0.4 is 0 Å². The summed E-state index contributed by atoms with van der Waals surface area (Å²) < 4.78 is 13.3. The Labute approximate surface area is 244 Å². The van der Waals surface area contributed by atoms with E-state index in [0.717, 1.165) is 42.6 Å². The molecule has 3 saturated carbocycles. The number of carbonyl (C=O) groups excluding carboxylic acids is 2. The molecule has 4 fully saturated rings. The Kier molecular flexibility index (Phi) is 7.17. The monoisotopic (exact) mass is 590 g/mol. The van der Waals surface area contributed by atoms with Gasteiger partial charge in [0.2, 0.25) is 0 Å². The van der Waals surface area contributed by atoms with Crippen LogP contribution in [0.2, 0.25) is 10.0 Å². The number of carbonyl (C=O) groups is 2. The van der Waals surface area contributed by atoms with Crippen molar-refractivity contribution in [3.05, 3.63) is 52.0 Å². The number of halogens is 2. The number of fused-ring (bicyclic) bond motifs is 7. The number of ketones is 2. The van der Waals surface area contributed by atoms with Gasteiger partial charge in [-0.3, -0.25) is 9.59 Å². The van der Waals surface area contributed by atoms with Gasteiger partial charge < -0.3 is 14.6 Å².